The van der Waals surface area contributed by atoms with Crippen molar-refractivity contribution in [3.63, 3.8) is 0 Å². The number of rotatable bonds is 4. The standard InChI is InChI=1S/C10H21BO3/c1-4-10(5-6-12)7(2)8(13-3)9(11)14-10/h7-9,12H,4-6,11H2,1-3H3/t7?,8-,9+,10-/m0/s1. The van der Waals surface area contributed by atoms with Gasteiger partial charge in [0.2, 0.25) is 0 Å². The fraction of sp³-hybridized carbons (Fsp3) is 1.00. The molecule has 1 aliphatic rings. The Balaban J connectivity index is 2.79. The number of hydrogen-bond acceptors (Lipinski definition) is 3. The first-order valence-electron chi connectivity index (χ1n) is 5.42. The predicted octanol–water partition coefficient (Wildman–Crippen LogP) is 0.158. The zero-order valence-corrected chi connectivity index (χ0v) is 9.62. The Morgan fingerprint density at radius 1 is 1.57 bits per heavy atom. The van der Waals surface area contributed by atoms with Gasteiger partial charge in [0.25, 0.3) is 0 Å². The highest BCUT2D eigenvalue weighted by Crippen LogP contribution is 2.41. The van der Waals surface area contributed by atoms with Gasteiger partial charge in [-0.3, -0.25) is 0 Å². The van der Waals surface area contributed by atoms with Crippen LogP contribution in [0.4, 0.5) is 0 Å². The monoisotopic (exact) mass is 200 g/mol. The molecule has 4 heteroatoms. The van der Waals surface area contributed by atoms with Crippen LogP contribution in [-0.4, -0.2) is 44.4 Å². The van der Waals surface area contributed by atoms with Crippen LogP contribution in [0.5, 0.6) is 0 Å². The van der Waals surface area contributed by atoms with Crippen molar-refractivity contribution < 1.29 is 14.6 Å². The third kappa shape index (κ3) is 1.83. The Morgan fingerprint density at radius 3 is 2.57 bits per heavy atom. The SMILES string of the molecule is B[C@@H]1O[C@@](CC)(CCO)C(C)[C@@H]1OC. The normalized spacial score (nSPS) is 43.0. The van der Waals surface area contributed by atoms with E-state index in [9.17, 15) is 0 Å². The molecule has 0 aromatic heterocycles. The summed E-state index contributed by atoms with van der Waals surface area (Å²) in [6, 6.07) is 0.126. The molecule has 1 unspecified atom stereocenters. The van der Waals surface area contributed by atoms with Crippen LogP contribution in [0.1, 0.15) is 26.7 Å². The Hall–Kier alpha value is -0.0551. The van der Waals surface area contributed by atoms with E-state index in [1.54, 1.807) is 7.11 Å². The molecule has 0 aliphatic carbocycles. The average molecular weight is 200 g/mol. The predicted molar refractivity (Wildman–Crippen MR) is 58.1 cm³/mol. The van der Waals surface area contributed by atoms with E-state index < -0.39 is 0 Å². The van der Waals surface area contributed by atoms with Crippen LogP contribution in [0.2, 0.25) is 0 Å². The highest BCUT2D eigenvalue weighted by Gasteiger charge is 2.49. The summed E-state index contributed by atoms with van der Waals surface area (Å²) in [5.74, 6) is 0.347. The maximum atomic E-state index is 9.07. The second-order valence-corrected chi connectivity index (χ2v) is 4.20. The fourth-order valence-corrected chi connectivity index (χ4v) is 2.70. The molecule has 1 heterocycles. The number of hydrogen-bond donors (Lipinski definition) is 1. The smallest absolute Gasteiger partial charge is 0.142 e. The van der Waals surface area contributed by atoms with Crippen molar-refractivity contribution in [3.8, 4) is 0 Å². The second-order valence-electron chi connectivity index (χ2n) is 4.20. The minimum absolute atomic E-state index is 0.126. The summed E-state index contributed by atoms with van der Waals surface area (Å²) in [5, 5.41) is 9.07. The molecule has 14 heavy (non-hydrogen) atoms. The van der Waals surface area contributed by atoms with E-state index in [1.807, 2.05) is 7.85 Å². The van der Waals surface area contributed by atoms with Crippen LogP contribution in [0.15, 0.2) is 0 Å². The highest BCUT2D eigenvalue weighted by atomic mass is 16.6. The van der Waals surface area contributed by atoms with Crippen LogP contribution in [-0.2, 0) is 9.47 Å². The van der Waals surface area contributed by atoms with Gasteiger partial charge in [0.15, 0.2) is 0 Å². The number of ether oxygens (including phenoxy) is 2. The van der Waals surface area contributed by atoms with Crippen molar-refractivity contribution in [3.05, 3.63) is 0 Å². The lowest BCUT2D eigenvalue weighted by Crippen LogP contribution is -2.37. The lowest BCUT2D eigenvalue weighted by Gasteiger charge is -2.32. The molecule has 82 valence electrons. The Labute approximate surface area is 87.2 Å². The Kier molecular flexibility index (Phi) is 3.99. The third-order valence-electron chi connectivity index (χ3n) is 3.61. The van der Waals surface area contributed by atoms with Gasteiger partial charge in [0, 0.05) is 19.6 Å². The third-order valence-corrected chi connectivity index (χ3v) is 3.61. The molecule has 1 saturated heterocycles. The topological polar surface area (TPSA) is 38.7 Å². The molecule has 0 radical (unpaired) electrons. The molecular formula is C10H21BO3. The summed E-state index contributed by atoms with van der Waals surface area (Å²) in [6.07, 6.45) is 1.79. The molecular weight excluding hydrogens is 179 g/mol. The minimum Gasteiger partial charge on any atom is -0.396 e. The van der Waals surface area contributed by atoms with Crippen LogP contribution in [0.3, 0.4) is 0 Å². The first kappa shape index (κ1) is 12.0. The molecule has 3 nitrogen and oxygen atoms in total. The van der Waals surface area contributed by atoms with E-state index in [0.717, 1.165) is 6.42 Å². The van der Waals surface area contributed by atoms with E-state index >= 15 is 0 Å². The molecule has 1 aliphatic heterocycles. The van der Waals surface area contributed by atoms with Gasteiger partial charge in [-0.25, -0.2) is 0 Å². The molecule has 4 atom stereocenters. The molecule has 0 spiro atoms. The zero-order chi connectivity index (χ0) is 10.8. The molecule has 0 aromatic rings. The van der Waals surface area contributed by atoms with Gasteiger partial charge in [-0.05, 0) is 12.8 Å². The summed E-state index contributed by atoms with van der Waals surface area (Å²) in [7, 11) is 3.77. The lowest BCUT2D eigenvalue weighted by molar-refractivity contribution is -0.0501. The lowest BCUT2D eigenvalue weighted by atomic mass is 9.80. The zero-order valence-electron chi connectivity index (χ0n) is 9.62. The summed E-state index contributed by atoms with van der Waals surface area (Å²) in [4.78, 5) is 0. The summed E-state index contributed by atoms with van der Waals surface area (Å²) < 4.78 is 11.4. The van der Waals surface area contributed by atoms with E-state index in [0.29, 0.717) is 12.3 Å². The van der Waals surface area contributed by atoms with Crippen LogP contribution in [0.25, 0.3) is 0 Å². The van der Waals surface area contributed by atoms with Crippen molar-refractivity contribution in [2.75, 3.05) is 13.7 Å². The van der Waals surface area contributed by atoms with Gasteiger partial charge in [0.1, 0.15) is 7.85 Å². The number of aliphatic hydroxyl groups is 1. The fourth-order valence-electron chi connectivity index (χ4n) is 2.70. The summed E-state index contributed by atoms with van der Waals surface area (Å²) >= 11 is 0. The molecule has 1 fully saturated rings. The Bertz CT molecular complexity index is 188. The summed E-state index contributed by atoms with van der Waals surface area (Å²) in [5.41, 5.74) is -0.186. The van der Waals surface area contributed by atoms with Gasteiger partial charge in [-0.2, -0.15) is 0 Å². The number of methoxy groups -OCH3 is 1. The van der Waals surface area contributed by atoms with Crippen LogP contribution < -0.4 is 0 Å². The van der Waals surface area contributed by atoms with Gasteiger partial charge >= 0.3 is 0 Å². The van der Waals surface area contributed by atoms with Gasteiger partial charge < -0.3 is 14.6 Å². The quantitative estimate of drug-likeness (QED) is 0.657. The van der Waals surface area contributed by atoms with Crippen molar-refractivity contribution >= 4 is 7.85 Å². The first-order chi connectivity index (χ1) is 6.61. The van der Waals surface area contributed by atoms with Crippen molar-refractivity contribution in [2.24, 2.45) is 5.92 Å². The van der Waals surface area contributed by atoms with E-state index in [1.165, 1.54) is 0 Å². The minimum atomic E-state index is -0.186. The molecule has 1 rings (SSSR count). The maximum absolute atomic E-state index is 9.07. The number of aliphatic hydroxyl groups excluding tert-OH is 1. The van der Waals surface area contributed by atoms with E-state index in [4.69, 9.17) is 14.6 Å². The molecule has 0 saturated carbocycles. The molecule has 0 amide bonds. The first-order valence-corrected chi connectivity index (χ1v) is 5.42. The van der Waals surface area contributed by atoms with Crippen molar-refractivity contribution in [2.45, 2.75) is 44.4 Å². The Morgan fingerprint density at radius 2 is 2.21 bits per heavy atom. The van der Waals surface area contributed by atoms with Gasteiger partial charge in [-0.15, -0.1) is 0 Å². The van der Waals surface area contributed by atoms with E-state index in [-0.39, 0.29) is 24.3 Å². The maximum Gasteiger partial charge on any atom is 0.142 e. The van der Waals surface area contributed by atoms with Gasteiger partial charge in [0.05, 0.1) is 17.7 Å². The van der Waals surface area contributed by atoms with Crippen LogP contribution >= 0.6 is 0 Å². The van der Waals surface area contributed by atoms with Gasteiger partial charge in [-0.1, -0.05) is 13.8 Å². The summed E-state index contributed by atoms with van der Waals surface area (Å²) in [6.45, 7) is 4.44. The van der Waals surface area contributed by atoms with Crippen molar-refractivity contribution in [1.82, 2.24) is 0 Å². The second kappa shape index (κ2) is 4.64. The average Bonchev–Trinajstić information content (AvgIpc) is 2.40. The molecule has 0 bridgehead atoms. The molecule has 0 aromatic carbocycles. The van der Waals surface area contributed by atoms with Crippen molar-refractivity contribution in [1.29, 1.82) is 0 Å². The van der Waals surface area contributed by atoms with E-state index in [2.05, 4.69) is 13.8 Å². The largest absolute Gasteiger partial charge is 0.396 e. The highest BCUT2D eigenvalue weighted by molar-refractivity contribution is 6.11. The molecule has 1 N–H and O–H groups in total. The van der Waals surface area contributed by atoms with Crippen LogP contribution in [0, 0.1) is 5.92 Å².